The van der Waals surface area contributed by atoms with Crippen LogP contribution in [-0.2, 0) is 26.8 Å². The molecule has 5 heteroatoms. The second-order valence-corrected chi connectivity index (χ2v) is 11.5. The Morgan fingerprint density at radius 1 is 0.968 bits per heavy atom. The lowest BCUT2D eigenvalue weighted by atomic mass is 9.78. The van der Waals surface area contributed by atoms with E-state index in [2.05, 4.69) is 59.0 Å². The zero-order valence-corrected chi connectivity index (χ0v) is 20.2. The van der Waals surface area contributed by atoms with E-state index in [9.17, 15) is 14.7 Å². The number of rotatable bonds is 5. The third-order valence-corrected chi connectivity index (χ3v) is 6.52. The van der Waals surface area contributed by atoms with Gasteiger partial charge < -0.3 is 15.3 Å². The van der Waals surface area contributed by atoms with Crippen molar-refractivity contribution in [1.82, 2.24) is 10.2 Å². The highest BCUT2D eigenvalue weighted by Gasteiger charge is 2.35. The maximum absolute atomic E-state index is 12.6. The lowest BCUT2D eigenvalue weighted by Crippen LogP contribution is -2.47. The van der Waals surface area contributed by atoms with Gasteiger partial charge in [0.25, 0.3) is 0 Å². The van der Waals surface area contributed by atoms with E-state index in [4.69, 9.17) is 0 Å². The Hall–Kier alpha value is -2.04. The first-order valence-electron chi connectivity index (χ1n) is 11.8. The minimum atomic E-state index is -0.172. The largest absolute Gasteiger partial charge is 0.507 e. The fourth-order valence-electron chi connectivity index (χ4n) is 4.37. The Morgan fingerprint density at radius 3 is 1.94 bits per heavy atom. The first-order chi connectivity index (χ1) is 14.4. The van der Waals surface area contributed by atoms with Gasteiger partial charge in [-0.05, 0) is 59.6 Å². The molecular weight excluding hydrogens is 388 g/mol. The van der Waals surface area contributed by atoms with Crippen LogP contribution in [0.3, 0.4) is 0 Å². The van der Waals surface area contributed by atoms with Gasteiger partial charge in [-0.3, -0.25) is 9.59 Å². The molecule has 5 nitrogen and oxygen atoms in total. The van der Waals surface area contributed by atoms with E-state index in [0.29, 0.717) is 24.5 Å². The highest BCUT2D eigenvalue weighted by Crippen LogP contribution is 2.40. The fourth-order valence-corrected chi connectivity index (χ4v) is 4.37. The first kappa shape index (κ1) is 23.6. The maximum Gasteiger partial charge on any atom is 0.225 e. The first-order valence-corrected chi connectivity index (χ1v) is 11.8. The van der Waals surface area contributed by atoms with Crippen molar-refractivity contribution in [2.45, 2.75) is 96.9 Å². The monoisotopic (exact) mass is 428 g/mol. The van der Waals surface area contributed by atoms with Gasteiger partial charge >= 0.3 is 0 Å². The summed E-state index contributed by atoms with van der Waals surface area (Å²) in [6, 6.07) is 4.27. The van der Waals surface area contributed by atoms with Crippen LogP contribution in [0, 0.1) is 5.92 Å². The van der Waals surface area contributed by atoms with Crippen LogP contribution < -0.4 is 5.32 Å². The molecule has 1 aromatic carbocycles. The molecule has 1 aliphatic heterocycles. The Labute approximate surface area is 187 Å². The van der Waals surface area contributed by atoms with Crippen LogP contribution in [0.5, 0.6) is 5.75 Å². The van der Waals surface area contributed by atoms with Crippen molar-refractivity contribution in [3.63, 3.8) is 0 Å². The molecule has 0 aromatic heterocycles. The number of aromatic hydroxyl groups is 1. The molecule has 1 aliphatic carbocycles. The molecule has 0 bridgehead atoms. The Kier molecular flexibility index (Phi) is 6.73. The summed E-state index contributed by atoms with van der Waals surface area (Å²) in [7, 11) is 0. The van der Waals surface area contributed by atoms with Crippen molar-refractivity contribution in [3.05, 3.63) is 28.8 Å². The van der Waals surface area contributed by atoms with E-state index >= 15 is 0 Å². The van der Waals surface area contributed by atoms with Gasteiger partial charge in [-0.25, -0.2) is 0 Å². The number of amides is 2. The van der Waals surface area contributed by atoms with Gasteiger partial charge in [0.1, 0.15) is 5.75 Å². The highest BCUT2D eigenvalue weighted by atomic mass is 16.3. The summed E-state index contributed by atoms with van der Waals surface area (Å²) in [5.74, 6) is 1.02. The third-order valence-electron chi connectivity index (χ3n) is 6.52. The number of hydrogen-bond donors (Lipinski definition) is 2. The Morgan fingerprint density at radius 2 is 1.48 bits per heavy atom. The third kappa shape index (κ3) is 6.02. The van der Waals surface area contributed by atoms with Gasteiger partial charge in [-0.2, -0.15) is 0 Å². The number of phenols is 1. The number of piperidine rings is 1. The van der Waals surface area contributed by atoms with E-state index in [1.807, 2.05) is 4.90 Å². The van der Waals surface area contributed by atoms with Crippen LogP contribution in [0.1, 0.15) is 90.3 Å². The van der Waals surface area contributed by atoms with Crippen molar-refractivity contribution in [2.75, 3.05) is 13.1 Å². The van der Waals surface area contributed by atoms with E-state index in [0.717, 1.165) is 55.5 Å². The molecule has 2 aliphatic rings. The number of nitrogens with one attached hydrogen (secondary N) is 1. The van der Waals surface area contributed by atoms with Crippen LogP contribution in [-0.4, -0.2) is 41.0 Å². The van der Waals surface area contributed by atoms with E-state index in [-0.39, 0.29) is 28.7 Å². The number of likely N-dealkylation sites (tertiary alicyclic amines) is 1. The van der Waals surface area contributed by atoms with Crippen molar-refractivity contribution < 1.29 is 14.7 Å². The SMILES string of the molecule is CC(C)(C)c1cc(CCC(=O)NC2CCN(C(=O)C3CC3)CC2)cc(C(C)(C)C)c1O. The topological polar surface area (TPSA) is 69.6 Å². The van der Waals surface area contributed by atoms with Crippen LogP contribution >= 0.6 is 0 Å². The molecular formula is C26H40N2O3. The number of hydrogen-bond acceptors (Lipinski definition) is 3. The Balaban J connectivity index is 1.58. The molecule has 1 aromatic rings. The van der Waals surface area contributed by atoms with Crippen LogP contribution in [0.2, 0.25) is 0 Å². The van der Waals surface area contributed by atoms with Gasteiger partial charge in [-0.1, -0.05) is 53.7 Å². The second kappa shape index (κ2) is 8.84. The normalized spacial score (nSPS) is 18.2. The van der Waals surface area contributed by atoms with E-state index in [1.165, 1.54) is 0 Å². The molecule has 2 fully saturated rings. The predicted octanol–water partition coefficient (Wildman–Crippen LogP) is 4.44. The van der Waals surface area contributed by atoms with Crippen molar-refractivity contribution in [2.24, 2.45) is 5.92 Å². The summed E-state index contributed by atoms with van der Waals surface area (Å²) in [6.07, 6.45) is 4.84. The Bertz CT molecular complexity index is 785. The van der Waals surface area contributed by atoms with Crippen LogP contribution in [0.15, 0.2) is 12.1 Å². The number of carbonyl (C=O) groups excluding carboxylic acids is 2. The fraction of sp³-hybridized carbons (Fsp3) is 0.692. The van der Waals surface area contributed by atoms with Gasteiger partial charge in [0.2, 0.25) is 11.8 Å². The number of nitrogens with zero attached hydrogens (tertiary/aromatic N) is 1. The molecule has 2 N–H and O–H groups in total. The standard InChI is InChI=1S/C26H40N2O3/c1-25(2,3)20-15-17(16-21(23(20)30)26(4,5)6)7-10-22(29)27-19-11-13-28(14-12-19)24(31)18-8-9-18/h15-16,18-19,30H,7-14H2,1-6H3,(H,27,29). The van der Waals surface area contributed by atoms with Crippen molar-refractivity contribution in [3.8, 4) is 5.75 Å². The lowest BCUT2D eigenvalue weighted by Gasteiger charge is -2.32. The average molecular weight is 429 g/mol. The van der Waals surface area contributed by atoms with Crippen LogP contribution in [0.25, 0.3) is 0 Å². The number of aryl methyl sites for hydroxylation is 1. The minimum absolute atomic E-state index is 0.0645. The quantitative estimate of drug-likeness (QED) is 0.729. The van der Waals surface area contributed by atoms with Gasteiger partial charge in [0.15, 0.2) is 0 Å². The minimum Gasteiger partial charge on any atom is -0.507 e. The van der Waals surface area contributed by atoms with Gasteiger partial charge in [-0.15, -0.1) is 0 Å². The number of benzene rings is 1. The second-order valence-electron chi connectivity index (χ2n) is 11.5. The maximum atomic E-state index is 12.6. The molecule has 1 saturated heterocycles. The summed E-state index contributed by atoms with van der Waals surface area (Å²) in [5.41, 5.74) is 2.61. The molecule has 3 rings (SSSR count). The zero-order chi connectivity index (χ0) is 23.0. The van der Waals surface area contributed by atoms with Crippen LogP contribution in [0.4, 0.5) is 0 Å². The van der Waals surface area contributed by atoms with Crippen molar-refractivity contribution in [1.29, 1.82) is 0 Å². The highest BCUT2D eigenvalue weighted by molar-refractivity contribution is 5.81. The molecule has 0 spiro atoms. The molecule has 1 heterocycles. The molecule has 31 heavy (non-hydrogen) atoms. The van der Waals surface area contributed by atoms with E-state index in [1.54, 1.807) is 0 Å². The zero-order valence-electron chi connectivity index (χ0n) is 20.2. The molecule has 0 atom stereocenters. The molecule has 1 saturated carbocycles. The van der Waals surface area contributed by atoms with Crippen molar-refractivity contribution >= 4 is 11.8 Å². The summed E-state index contributed by atoms with van der Waals surface area (Å²) in [6.45, 7) is 14.1. The molecule has 2 amide bonds. The summed E-state index contributed by atoms with van der Waals surface area (Å²) < 4.78 is 0. The predicted molar refractivity (Wildman–Crippen MR) is 124 cm³/mol. The molecule has 0 unspecified atom stereocenters. The van der Waals surface area contributed by atoms with Gasteiger partial charge in [0, 0.05) is 31.5 Å². The number of carbonyl (C=O) groups is 2. The van der Waals surface area contributed by atoms with Gasteiger partial charge in [0.05, 0.1) is 0 Å². The summed E-state index contributed by atoms with van der Waals surface area (Å²) >= 11 is 0. The van der Waals surface area contributed by atoms with E-state index < -0.39 is 0 Å². The summed E-state index contributed by atoms with van der Waals surface area (Å²) in [5, 5.41) is 14.0. The molecule has 172 valence electrons. The lowest BCUT2D eigenvalue weighted by molar-refractivity contribution is -0.133. The smallest absolute Gasteiger partial charge is 0.225 e. The molecule has 0 radical (unpaired) electrons. The number of phenolic OH excluding ortho intramolecular Hbond substituents is 1. The average Bonchev–Trinajstić information content (AvgIpc) is 3.50. The summed E-state index contributed by atoms with van der Waals surface area (Å²) in [4.78, 5) is 26.8.